The van der Waals surface area contributed by atoms with Gasteiger partial charge < -0.3 is 40.4 Å². The summed E-state index contributed by atoms with van der Waals surface area (Å²) in [5.74, 6) is 1.68. The Morgan fingerprint density at radius 1 is 0.565 bits per heavy atom. The SMILES string of the molecule is C[C@@H]1CCC(=O)N1CC#CCN(C)C.C[C@@H]1CCC(=O)N1CC#CCN(C)C.O=C(O)C(=O)O.O=C(O)C(=O)O.O=C(O)C(=O)O. The summed E-state index contributed by atoms with van der Waals surface area (Å²) in [4.78, 5) is 85.1. The fourth-order valence-electron chi connectivity index (χ4n) is 2.95. The topological polar surface area (TPSA) is 271 Å². The van der Waals surface area contributed by atoms with Crippen molar-refractivity contribution >= 4 is 47.6 Å². The predicted molar refractivity (Wildman–Crippen MR) is 159 cm³/mol. The number of carbonyl (C=O) groups excluding carboxylic acids is 2. The third-order valence-corrected chi connectivity index (χ3v) is 5.34. The number of aliphatic carboxylic acids is 6. The molecule has 2 aliphatic rings. The molecule has 2 aliphatic heterocycles. The molecule has 0 aromatic heterocycles. The molecule has 18 nitrogen and oxygen atoms in total. The van der Waals surface area contributed by atoms with Gasteiger partial charge in [0.15, 0.2) is 0 Å². The van der Waals surface area contributed by atoms with Crippen molar-refractivity contribution in [2.45, 2.75) is 51.6 Å². The molecule has 2 saturated heterocycles. The number of hydrogen-bond acceptors (Lipinski definition) is 10. The van der Waals surface area contributed by atoms with Crippen molar-refractivity contribution in [1.29, 1.82) is 0 Å². The highest BCUT2D eigenvalue weighted by atomic mass is 16.5. The van der Waals surface area contributed by atoms with Crippen LogP contribution in [0, 0.1) is 23.7 Å². The van der Waals surface area contributed by atoms with Crippen LogP contribution in [0.2, 0.25) is 0 Å². The molecule has 2 amide bonds. The van der Waals surface area contributed by atoms with Crippen molar-refractivity contribution in [2.75, 3.05) is 54.4 Å². The van der Waals surface area contributed by atoms with Crippen LogP contribution in [-0.2, 0) is 38.4 Å². The van der Waals surface area contributed by atoms with Crippen molar-refractivity contribution in [1.82, 2.24) is 19.6 Å². The number of hydrogen-bond donors (Lipinski definition) is 6. The Kier molecular flexibility index (Phi) is 24.7. The normalized spacial score (nSPS) is 15.8. The Labute approximate surface area is 266 Å². The molecule has 0 saturated carbocycles. The Hall–Kier alpha value is -5.20. The first kappa shape index (κ1) is 45.2. The van der Waals surface area contributed by atoms with Gasteiger partial charge in [0.25, 0.3) is 0 Å². The summed E-state index contributed by atoms with van der Waals surface area (Å²) in [7, 11) is 7.94. The van der Waals surface area contributed by atoms with Gasteiger partial charge in [0, 0.05) is 24.9 Å². The van der Waals surface area contributed by atoms with Crippen molar-refractivity contribution in [3.05, 3.63) is 0 Å². The highest BCUT2D eigenvalue weighted by Gasteiger charge is 2.26. The molecule has 0 bridgehead atoms. The average Bonchev–Trinajstić information content (AvgIpc) is 3.44. The van der Waals surface area contributed by atoms with E-state index >= 15 is 0 Å². The minimum absolute atomic E-state index is 0.247. The lowest BCUT2D eigenvalue weighted by molar-refractivity contribution is -0.159. The average molecular weight is 659 g/mol. The summed E-state index contributed by atoms with van der Waals surface area (Å²) in [5, 5.41) is 44.3. The van der Waals surface area contributed by atoms with E-state index < -0.39 is 35.8 Å². The van der Waals surface area contributed by atoms with Crippen molar-refractivity contribution < 1.29 is 69.0 Å². The van der Waals surface area contributed by atoms with E-state index in [4.69, 9.17) is 59.4 Å². The molecule has 18 heteroatoms. The van der Waals surface area contributed by atoms with Crippen LogP contribution < -0.4 is 0 Å². The quantitative estimate of drug-likeness (QED) is 0.150. The number of carbonyl (C=O) groups is 8. The summed E-state index contributed by atoms with van der Waals surface area (Å²) >= 11 is 0. The van der Waals surface area contributed by atoms with Crippen LogP contribution in [0.25, 0.3) is 0 Å². The monoisotopic (exact) mass is 658 g/mol. The van der Waals surface area contributed by atoms with Gasteiger partial charge in [0.1, 0.15) is 0 Å². The summed E-state index contributed by atoms with van der Waals surface area (Å²) < 4.78 is 0. The van der Waals surface area contributed by atoms with E-state index in [1.807, 2.05) is 47.8 Å². The Morgan fingerprint density at radius 2 is 0.804 bits per heavy atom. The van der Waals surface area contributed by atoms with Gasteiger partial charge in [-0.25, -0.2) is 28.8 Å². The summed E-state index contributed by atoms with van der Waals surface area (Å²) in [6, 6.07) is 0.743. The Bertz CT molecular complexity index is 1040. The van der Waals surface area contributed by atoms with Gasteiger partial charge in [0.2, 0.25) is 11.8 Å². The smallest absolute Gasteiger partial charge is 0.414 e. The standard InChI is InChI=1S/2C11H18N2O.3C2H2O4/c2*1-10-6-7-11(14)13(10)9-5-4-8-12(2)3;3*3-1(4)2(5)6/h2*10H,6-9H2,1-3H3;3*(H,3,4)(H,5,6)/t2*10-;;;/m11.../s1. The van der Waals surface area contributed by atoms with Gasteiger partial charge in [0.05, 0.1) is 26.2 Å². The fourth-order valence-corrected chi connectivity index (χ4v) is 2.95. The number of likely N-dealkylation sites (tertiary alicyclic amines) is 2. The number of nitrogens with zero attached hydrogens (tertiary/aromatic N) is 4. The number of amides is 2. The lowest BCUT2D eigenvalue weighted by atomic mass is 10.2. The van der Waals surface area contributed by atoms with Gasteiger partial charge in [-0.2, -0.15) is 0 Å². The predicted octanol–water partition coefficient (Wildman–Crippen LogP) is -1.41. The van der Waals surface area contributed by atoms with Crippen LogP contribution in [0.5, 0.6) is 0 Å². The van der Waals surface area contributed by atoms with E-state index in [2.05, 4.69) is 37.5 Å². The first-order valence-corrected chi connectivity index (χ1v) is 13.3. The highest BCUT2D eigenvalue weighted by molar-refractivity contribution is 6.28. The lowest BCUT2D eigenvalue weighted by Crippen LogP contribution is -2.31. The summed E-state index contributed by atoms with van der Waals surface area (Å²) in [6.07, 6.45) is 3.34. The van der Waals surface area contributed by atoms with Crippen molar-refractivity contribution in [3.8, 4) is 23.7 Å². The molecule has 46 heavy (non-hydrogen) atoms. The van der Waals surface area contributed by atoms with Crippen LogP contribution >= 0.6 is 0 Å². The molecule has 2 rings (SSSR count). The maximum atomic E-state index is 11.4. The number of carboxylic acid groups (broad SMARTS) is 6. The van der Waals surface area contributed by atoms with E-state index in [9.17, 15) is 9.59 Å². The Morgan fingerprint density at radius 3 is 0.957 bits per heavy atom. The van der Waals surface area contributed by atoms with E-state index in [0.717, 1.165) is 25.9 Å². The molecule has 2 atom stereocenters. The van der Waals surface area contributed by atoms with Gasteiger partial charge in [-0.05, 0) is 54.9 Å². The maximum Gasteiger partial charge on any atom is 0.414 e. The molecular formula is C28H42N4O14. The molecule has 0 radical (unpaired) electrons. The Balaban J connectivity index is -0.000000537. The first-order chi connectivity index (χ1) is 21.1. The largest absolute Gasteiger partial charge is 0.473 e. The highest BCUT2D eigenvalue weighted by Crippen LogP contribution is 2.17. The molecule has 0 aromatic rings. The second kappa shape index (κ2) is 25.2. The minimum Gasteiger partial charge on any atom is -0.473 e. The molecule has 0 aliphatic carbocycles. The van der Waals surface area contributed by atoms with Gasteiger partial charge in [-0.15, -0.1) is 0 Å². The molecule has 0 unspecified atom stereocenters. The lowest BCUT2D eigenvalue weighted by Gasteiger charge is -2.18. The zero-order chi connectivity index (χ0) is 36.6. The third kappa shape index (κ3) is 25.3. The van der Waals surface area contributed by atoms with Gasteiger partial charge >= 0.3 is 35.8 Å². The summed E-state index contributed by atoms with van der Waals surface area (Å²) in [6.45, 7) is 6.87. The molecule has 258 valence electrons. The van der Waals surface area contributed by atoms with E-state index in [0.29, 0.717) is 38.0 Å². The van der Waals surface area contributed by atoms with Crippen molar-refractivity contribution in [3.63, 3.8) is 0 Å². The van der Waals surface area contributed by atoms with Gasteiger partial charge in [-0.3, -0.25) is 19.4 Å². The molecule has 2 fully saturated rings. The minimum atomic E-state index is -1.82. The molecule has 6 N–H and O–H groups in total. The van der Waals surface area contributed by atoms with E-state index in [1.165, 1.54) is 0 Å². The fraction of sp³-hybridized carbons (Fsp3) is 0.571. The second-order valence-corrected chi connectivity index (χ2v) is 9.83. The van der Waals surface area contributed by atoms with Gasteiger partial charge in [-0.1, -0.05) is 23.7 Å². The zero-order valence-electron chi connectivity index (χ0n) is 26.5. The van der Waals surface area contributed by atoms with E-state index in [-0.39, 0.29) is 11.8 Å². The van der Waals surface area contributed by atoms with Crippen LogP contribution in [0.1, 0.15) is 39.5 Å². The second-order valence-electron chi connectivity index (χ2n) is 9.83. The molecular weight excluding hydrogens is 616 g/mol. The summed E-state index contributed by atoms with van der Waals surface area (Å²) in [5.41, 5.74) is 0. The molecule has 0 aromatic carbocycles. The zero-order valence-corrected chi connectivity index (χ0v) is 26.5. The first-order valence-electron chi connectivity index (χ1n) is 13.3. The van der Waals surface area contributed by atoms with E-state index in [1.54, 1.807) is 0 Å². The molecule has 2 heterocycles. The maximum absolute atomic E-state index is 11.4. The van der Waals surface area contributed by atoms with Crippen LogP contribution in [0.4, 0.5) is 0 Å². The van der Waals surface area contributed by atoms with Crippen molar-refractivity contribution in [2.24, 2.45) is 0 Å². The number of rotatable bonds is 4. The third-order valence-electron chi connectivity index (χ3n) is 5.34. The van der Waals surface area contributed by atoms with Crippen LogP contribution in [0.15, 0.2) is 0 Å². The molecule has 0 spiro atoms. The number of carboxylic acids is 6. The van der Waals surface area contributed by atoms with Crippen LogP contribution in [0.3, 0.4) is 0 Å². The van der Waals surface area contributed by atoms with Crippen LogP contribution in [-0.4, -0.2) is 164 Å².